The average Bonchev–Trinajstić information content (AvgIpc) is 3.02. The van der Waals surface area contributed by atoms with Gasteiger partial charge in [0, 0.05) is 12.7 Å². The van der Waals surface area contributed by atoms with Crippen LogP contribution in [0, 0.1) is 6.92 Å². The van der Waals surface area contributed by atoms with Crippen molar-refractivity contribution in [2.45, 2.75) is 20.0 Å². The average molecular weight is 310 g/mol. The van der Waals surface area contributed by atoms with E-state index < -0.39 is 0 Å². The predicted octanol–water partition coefficient (Wildman–Crippen LogP) is 2.59. The molecule has 2 N–H and O–H groups in total. The van der Waals surface area contributed by atoms with Crippen LogP contribution in [0.4, 0.5) is 5.82 Å². The maximum absolute atomic E-state index is 9.05. The minimum absolute atomic E-state index is 0.0689. The molecule has 0 spiro atoms. The zero-order chi connectivity index (χ0) is 16.1. The summed E-state index contributed by atoms with van der Waals surface area (Å²) in [5.41, 5.74) is 2.91. The SMILES string of the molecule is Cc1noc(-c2cccnc2NCCc2ccc(CO)cc2)n1. The van der Waals surface area contributed by atoms with Gasteiger partial charge >= 0.3 is 0 Å². The van der Waals surface area contributed by atoms with Crippen molar-refractivity contribution in [1.29, 1.82) is 0 Å². The quantitative estimate of drug-likeness (QED) is 0.728. The van der Waals surface area contributed by atoms with Gasteiger partial charge in [-0.15, -0.1) is 0 Å². The number of nitrogens with zero attached hydrogens (tertiary/aromatic N) is 3. The van der Waals surface area contributed by atoms with E-state index in [1.165, 1.54) is 5.56 Å². The Morgan fingerprint density at radius 3 is 2.61 bits per heavy atom. The lowest BCUT2D eigenvalue weighted by Gasteiger charge is -2.08. The fraction of sp³-hybridized carbons (Fsp3) is 0.235. The first-order valence-corrected chi connectivity index (χ1v) is 7.44. The number of rotatable bonds is 6. The molecule has 3 rings (SSSR count). The van der Waals surface area contributed by atoms with Gasteiger partial charge in [-0.25, -0.2) is 4.98 Å². The first-order chi connectivity index (χ1) is 11.3. The Balaban J connectivity index is 1.66. The smallest absolute Gasteiger partial charge is 0.261 e. The third kappa shape index (κ3) is 3.73. The van der Waals surface area contributed by atoms with Crippen LogP contribution in [-0.2, 0) is 13.0 Å². The molecule has 0 unspecified atom stereocenters. The van der Waals surface area contributed by atoms with Crippen molar-refractivity contribution < 1.29 is 9.63 Å². The van der Waals surface area contributed by atoms with Crippen LogP contribution in [0.25, 0.3) is 11.5 Å². The highest BCUT2D eigenvalue weighted by atomic mass is 16.5. The number of hydrogen-bond donors (Lipinski definition) is 2. The van der Waals surface area contributed by atoms with Crippen molar-refractivity contribution in [2.24, 2.45) is 0 Å². The molecule has 118 valence electrons. The van der Waals surface area contributed by atoms with Crippen LogP contribution in [0.5, 0.6) is 0 Å². The maximum atomic E-state index is 9.05. The number of anilines is 1. The standard InChI is InChI=1S/C17H18N4O2/c1-12-20-17(23-21-12)15-3-2-9-18-16(15)19-10-8-13-4-6-14(11-22)7-5-13/h2-7,9,22H,8,10-11H2,1H3,(H,18,19). The second-order valence-electron chi connectivity index (χ2n) is 5.20. The molecule has 0 fully saturated rings. The molecule has 0 saturated heterocycles. The number of aromatic nitrogens is 3. The first-order valence-electron chi connectivity index (χ1n) is 7.44. The van der Waals surface area contributed by atoms with E-state index in [1.54, 1.807) is 13.1 Å². The predicted molar refractivity (Wildman–Crippen MR) is 86.8 cm³/mol. The molecule has 0 aliphatic heterocycles. The minimum atomic E-state index is 0.0689. The summed E-state index contributed by atoms with van der Waals surface area (Å²) in [6, 6.07) is 11.7. The molecule has 0 amide bonds. The largest absolute Gasteiger partial charge is 0.392 e. The lowest BCUT2D eigenvalue weighted by atomic mass is 10.1. The number of pyridine rings is 1. The Labute approximate surface area is 134 Å². The van der Waals surface area contributed by atoms with E-state index in [-0.39, 0.29) is 6.61 Å². The summed E-state index contributed by atoms with van der Waals surface area (Å²) in [6.45, 7) is 2.58. The lowest BCUT2D eigenvalue weighted by molar-refractivity contribution is 0.282. The van der Waals surface area contributed by atoms with Crippen LogP contribution in [0.2, 0.25) is 0 Å². The van der Waals surface area contributed by atoms with Crippen molar-refractivity contribution in [3.05, 3.63) is 59.5 Å². The third-order valence-corrected chi connectivity index (χ3v) is 3.48. The van der Waals surface area contributed by atoms with E-state index in [9.17, 15) is 0 Å². The Morgan fingerprint density at radius 1 is 1.13 bits per heavy atom. The molecule has 2 heterocycles. The number of hydrogen-bond acceptors (Lipinski definition) is 6. The number of aliphatic hydroxyl groups is 1. The van der Waals surface area contributed by atoms with Crippen molar-refractivity contribution >= 4 is 5.82 Å². The van der Waals surface area contributed by atoms with Crippen molar-refractivity contribution in [2.75, 3.05) is 11.9 Å². The molecule has 0 saturated carbocycles. The summed E-state index contributed by atoms with van der Waals surface area (Å²) >= 11 is 0. The molecular formula is C17H18N4O2. The Morgan fingerprint density at radius 2 is 1.91 bits per heavy atom. The summed E-state index contributed by atoms with van der Waals surface area (Å²) in [5, 5.41) is 16.2. The molecule has 0 aliphatic carbocycles. The summed E-state index contributed by atoms with van der Waals surface area (Å²) < 4.78 is 5.22. The summed E-state index contributed by atoms with van der Waals surface area (Å²) in [5.74, 6) is 1.78. The fourth-order valence-electron chi connectivity index (χ4n) is 2.26. The second-order valence-corrected chi connectivity index (χ2v) is 5.20. The second kappa shape index (κ2) is 7.02. The lowest BCUT2D eigenvalue weighted by Crippen LogP contribution is -2.07. The normalized spacial score (nSPS) is 10.7. The molecule has 0 bridgehead atoms. The van der Waals surface area contributed by atoms with Crippen LogP contribution in [0.1, 0.15) is 17.0 Å². The Bertz CT molecular complexity index is 768. The van der Waals surface area contributed by atoms with E-state index in [4.69, 9.17) is 9.63 Å². The molecule has 0 aliphatic rings. The molecule has 0 atom stereocenters. The van der Waals surface area contributed by atoms with Gasteiger partial charge in [-0.05, 0) is 36.6 Å². The molecule has 1 aromatic carbocycles. The topological polar surface area (TPSA) is 84.1 Å². The number of nitrogens with one attached hydrogen (secondary N) is 1. The van der Waals surface area contributed by atoms with Crippen LogP contribution in [-0.4, -0.2) is 26.8 Å². The molecule has 3 aromatic rings. The van der Waals surface area contributed by atoms with E-state index in [0.29, 0.717) is 11.7 Å². The van der Waals surface area contributed by atoms with Gasteiger partial charge in [-0.2, -0.15) is 4.98 Å². The Kier molecular flexibility index (Phi) is 4.63. The van der Waals surface area contributed by atoms with Crippen molar-refractivity contribution in [3.63, 3.8) is 0 Å². The van der Waals surface area contributed by atoms with Crippen LogP contribution in [0.15, 0.2) is 47.1 Å². The van der Waals surface area contributed by atoms with E-state index >= 15 is 0 Å². The molecule has 6 nitrogen and oxygen atoms in total. The number of aliphatic hydroxyl groups excluding tert-OH is 1. The van der Waals surface area contributed by atoms with E-state index in [2.05, 4.69) is 20.4 Å². The van der Waals surface area contributed by atoms with Gasteiger partial charge in [0.15, 0.2) is 5.82 Å². The van der Waals surface area contributed by atoms with Crippen molar-refractivity contribution in [3.8, 4) is 11.5 Å². The van der Waals surface area contributed by atoms with Gasteiger partial charge in [0.05, 0.1) is 12.2 Å². The Hall–Kier alpha value is -2.73. The molecule has 2 aromatic heterocycles. The van der Waals surface area contributed by atoms with Gasteiger partial charge in [0.25, 0.3) is 5.89 Å². The van der Waals surface area contributed by atoms with Gasteiger partial charge in [0.1, 0.15) is 5.82 Å². The highest BCUT2D eigenvalue weighted by molar-refractivity contribution is 5.68. The fourth-order valence-corrected chi connectivity index (χ4v) is 2.26. The number of aryl methyl sites for hydroxylation is 1. The van der Waals surface area contributed by atoms with Gasteiger partial charge in [-0.3, -0.25) is 0 Å². The van der Waals surface area contributed by atoms with Crippen LogP contribution >= 0.6 is 0 Å². The number of benzene rings is 1. The van der Waals surface area contributed by atoms with Crippen LogP contribution in [0.3, 0.4) is 0 Å². The molecular weight excluding hydrogens is 292 g/mol. The zero-order valence-electron chi connectivity index (χ0n) is 12.9. The summed E-state index contributed by atoms with van der Waals surface area (Å²) in [6.07, 6.45) is 2.58. The highest BCUT2D eigenvalue weighted by Gasteiger charge is 2.12. The summed E-state index contributed by atoms with van der Waals surface area (Å²) in [7, 11) is 0. The third-order valence-electron chi connectivity index (χ3n) is 3.48. The molecule has 6 heteroatoms. The van der Waals surface area contributed by atoms with E-state index in [0.717, 1.165) is 29.9 Å². The monoisotopic (exact) mass is 310 g/mol. The maximum Gasteiger partial charge on any atom is 0.261 e. The highest BCUT2D eigenvalue weighted by Crippen LogP contribution is 2.24. The summed E-state index contributed by atoms with van der Waals surface area (Å²) in [4.78, 5) is 8.60. The van der Waals surface area contributed by atoms with Gasteiger partial charge < -0.3 is 14.9 Å². The van der Waals surface area contributed by atoms with Crippen molar-refractivity contribution in [1.82, 2.24) is 15.1 Å². The minimum Gasteiger partial charge on any atom is -0.392 e. The van der Waals surface area contributed by atoms with Gasteiger partial charge in [-0.1, -0.05) is 29.4 Å². The van der Waals surface area contributed by atoms with Crippen LogP contribution < -0.4 is 5.32 Å². The zero-order valence-corrected chi connectivity index (χ0v) is 12.9. The van der Waals surface area contributed by atoms with Gasteiger partial charge in [0.2, 0.25) is 0 Å². The molecule has 23 heavy (non-hydrogen) atoms. The van der Waals surface area contributed by atoms with E-state index in [1.807, 2.05) is 36.4 Å². The molecule has 0 radical (unpaired) electrons. The first kappa shape index (κ1) is 15.2.